The lowest BCUT2D eigenvalue weighted by Gasteiger charge is -2.32. The van der Waals surface area contributed by atoms with Gasteiger partial charge >= 0.3 is 12.4 Å². The zero-order valence-corrected chi connectivity index (χ0v) is 17.8. The average molecular weight is 478 g/mol. The molecule has 0 aliphatic heterocycles. The molecule has 0 aromatic heterocycles. The minimum atomic E-state index is -5.24. The van der Waals surface area contributed by atoms with E-state index in [1.54, 1.807) is 19.1 Å². The molecule has 0 radical (unpaired) electrons. The molecule has 182 valence electrons. The average Bonchev–Trinajstić information content (AvgIpc) is 2.75. The van der Waals surface area contributed by atoms with Gasteiger partial charge in [0.2, 0.25) is 11.5 Å². The molecule has 5 nitrogen and oxygen atoms in total. The van der Waals surface area contributed by atoms with Crippen molar-refractivity contribution in [2.24, 2.45) is 0 Å². The molecular weight excluding hydrogens is 454 g/mol. The Kier molecular flexibility index (Phi) is 8.36. The number of rotatable bonds is 9. The molecule has 0 unspecified atom stereocenters. The van der Waals surface area contributed by atoms with E-state index in [0.717, 1.165) is 12.1 Å². The van der Waals surface area contributed by atoms with Crippen LogP contribution in [0, 0.1) is 0 Å². The number of benzene rings is 2. The summed E-state index contributed by atoms with van der Waals surface area (Å²) in [4.78, 5) is 11.8. The van der Waals surface area contributed by atoms with E-state index in [1.165, 1.54) is 19.2 Å². The van der Waals surface area contributed by atoms with Gasteiger partial charge in [-0.2, -0.15) is 26.3 Å². The van der Waals surface area contributed by atoms with E-state index in [2.05, 4.69) is 10.6 Å². The molecule has 2 rings (SSSR count). The van der Waals surface area contributed by atoms with Gasteiger partial charge in [0, 0.05) is 19.3 Å². The van der Waals surface area contributed by atoms with Crippen LogP contribution in [0.25, 0.3) is 0 Å². The fourth-order valence-electron chi connectivity index (χ4n) is 2.91. The molecule has 0 saturated carbocycles. The second-order valence-electron chi connectivity index (χ2n) is 7.51. The molecule has 2 aromatic carbocycles. The first-order chi connectivity index (χ1) is 15.3. The van der Waals surface area contributed by atoms with Crippen molar-refractivity contribution in [1.29, 1.82) is 0 Å². The summed E-state index contributed by atoms with van der Waals surface area (Å²) in [5, 5.41) is 15.4. The third-order valence-corrected chi connectivity index (χ3v) is 5.00. The van der Waals surface area contributed by atoms with Crippen LogP contribution in [0.5, 0.6) is 0 Å². The summed E-state index contributed by atoms with van der Waals surface area (Å²) in [6.07, 6.45) is -10.2. The summed E-state index contributed by atoms with van der Waals surface area (Å²) < 4.78 is 84.7. The number of amides is 1. The van der Waals surface area contributed by atoms with Gasteiger partial charge < -0.3 is 20.5 Å². The Morgan fingerprint density at radius 1 is 1.03 bits per heavy atom. The summed E-state index contributed by atoms with van der Waals surface area (Å²) in [6.45, 7) is 0.816. The highest BCUT2D eigenvalue weighted by Crippen LogP contribution is 2.41. The zero-order valence-electron chi connectivity index (χ0n) is 17.8. The van der Waals surface area contributed by atoms with Crippen molar-refractivity contribution in [1.82, 2.24) is 5.32 Å². The van der Waals surface area contributed by atoms with Crippen LogP contribution in [0.4, 0.5) is 32.0 Å². The molecule has 0 fully saturated rings. The first kappa shape index (κ1) is 26.5. The lowest BCUT2D eigenvalue weighted by atomic mass is 9.91. The molecule has 0 saturated heterocycles. The fraction of sp³-hybridized carbons (Fsp3) is 0.409. The molecule has 2 atom stereocenters. The summed E-state index contributed by atoms with van der Waals surface area (Å²) in [5.41, 5.74) is -4.91. The largest absolute Gasteiger partial charge is 0.423 e. The predicted molar refractivity (Wildman–Crippen MR) is 109 cm³/mol. The smallest absolute Gasteiger partial charge is 0.381 e. The van der Waals surface area contributed by atoms with Crippen LogP contribution in [0.15, 0.2) is 48.5 Å². The van der Waals surface area contributed by atoms with E-state index in [-0.39, 0.29) is 36.7 Å². The lowest BCUT2D eigenvalue weighted by Crippen LogP contribution is -2.47. The number of methoxy groups -OCH3 is 1. The summed E-state index contributed by atoms with van der Waals surface area (Å²) in [6, 6.07) is 8.49. The minimum absolute atomic E-state index is 0.168. The standard InChI is InChI=1S/C22H24F6N2O3/c1-14(33-2)10-19(31)29-12-15-6-8-18(9-7-15)30-13-20(32,22(26,27)28)16-4-3-5-17(11-16)21(23,24)25/h3-9,11,14,30,32H,10,12-13H2,1-2H3,(H,29,31)/t14-,20+/m1/s1. The normalized spacial score (nSPS) is 14.9. The van der Waals surface area contributed by atoms with Gasteiger partial charge in [0.15, 0.2) is 0 Å². The quantitative estimate of drug-likeness (QED) is 0.461. The molecule has 0 heterocycles. The summed E-state index contributed by atoms with van der Waals surface area (Å²) >= 11 is 0. The van der Waals surface area contributed by atoms with Gasteiger partial charge in [-0.25, -0.2) is 0 Å². The Morgan fingerprint density at radius 2 is 1.64 bits per heavy atom. The molecule has 1 amide bonds. The maximum absolute atomic E-state index is 13.7. The van der Waals surface area contributed by atoms with Gasteiger partial charge in [-0.3, -0.25) is 4.79 Å². The highest BCUT2D eigenvalue weighted by Gasteiger charge is 2.55. The Morgan fingerprint density at radius 3 is 2.18 bits per heavy atom. The third kappa shape index (κ3) is 7.10. The Labute approximate surface area is 186 Å². The van der Waals surface area contributed by atoms with Crippen molar-refractivity contribution in [2.75, 3.05) is 19.0 Å². The van der Waals surface area contributed by atoms with E-state index in [9.17, 15) is 36.2 Å². The maximum atomic E-state index is 13.7. The van der Waals surface area contributed by atoms with Gasteiger partial charge in [0.25, 0.3) is 0 Å². The highest BCUT2D eigenvalue weighted by atomic mass is 19.4. The zero-order chi connectivity index (χ0) is 24.9. The number of hydrogen-bond donors (Lipinski definition) is 3. The number of carbonyl (C=O) groups excluding carboxylic acids is 1. The topological polar surface area (TPSA) is 70.6 Å². The maximum Gasteiger partial charge on any atom is 0.423 e. The number of aliphatic hydroxyl groups is 1. The number of alkyl halides is 6. The number of hydrogen-bond acceptors (Lipinski definition) is 4. The highest BCUT2D eigenvalue weighted by molar-refractivity contribution is 5.76. The molecule has 0 spiro atoms. The Balaban J connectivity index is 2.09. The van der Waals surface area contributed by atoms with Gasteiger partial charge in [-0.1, -0.05) is 24.3 Å². The SMILES string of the molecule is CO[C@H](C)CC(=O)NCc1ccc(NC[C@](O)(c2cccc(C(F)(F)F)c2)C(F)(F)F)cc1. The van der Waals surface area contributed by atoms with Crippen molar-refractivity contribution in [3.8, 4) is 0 Å². The van der Waals surface area contributed by atoms with E-state index in [4.69, 9.17) is 4.74 Å². The van der Waals surface area contributed by atoms with Gasteiger partial charge in [-0.15, -0.1) is 0 Å². The van der Waals surface area contributed by atoms with E-state index >= 15 is 0 Å². The number of carbonyl (C=O) groups is 1. The molecule has 33 heavy (non-hydrogen) atoms. The fourth-order valence-corrected chi connectivity index (χ4v) is 2.91. The van der Waals surface area contributed by atoms with Crippen molar-refractivity contribution in [2.45, 2.75) is 43.9 Å². The first-order valence-corrected chi connectivity index (χ1v) is 9.85. The molecule has 3 N–H and O–H groups in total. The number of ether oxygens (including phenoxy) is 1. The van der Waals surface area contributed by atoms with Gasteiger partial charge in [0.05, 0.1) is 24.6 Å². The Bertz CT molecular complexity index is 931. The number of anilines is 1. The van der Waals surface area contributed by atoms with Crippen LogP contribution in [0.2, 0.25) is 0 Å². The van der Waals surface area contributed by atoms with Crippen LogP contribution >= 0.6 is 0 Å². The molecule has 2 aromatic rings. The van der Waals surface area contributed by atoms with E-state index < -0.39 is 35.6 Å². The monoisotopic (exact) mass is 478 g/mol. The summed E-state index contributed by atoms with van der Waals surface area (Å²) in [7, 11) is 1.48. The second kappa shape index (κ2) is 10.4. The molecule has 0 bridgehead atoms. The second-order valence-corrected chi connectivity index (χ2v) is 7.51. The molecule has 0 aliphatic rings. The first-order valence-electron chi connectivity index (χ1n) is 9.85. The molecular formula is C22H24F6N2O3. The van der Waals surface area contributed by atoms with Crippen molar-refractivity contribution >= 4 is 11.6 Å². The number of halogens is 6. The predicted octanol–water partition coefficient (Wildman–Crippen LogP) is 4.61. The van der Waals surface area contributed by atoms with Gasteiger partial charge in [0.1, 0.15) is 0 Å². The van der Waals surface area contributed by atoms with Crippen molar-refractivity contribution in [3.63, 3.8) is 0 Å². The molecule has 11 heteroatoms. The van der Waals surface area contributed by atoms with Crippen LogP contribution in [-0.4, -0.2) is 36.9 Å². The van der Waals surface area contributed by atoms with Gasteiger partial charge in [-0.05, 0) is 42.3 Å². The van der Waals surface area contributed by atoms with Crippen LogP contribution < -0.4 is 10.6 Å². The minimum Gasteiger partial charge on any atom is -0.381 e. The third-order valence-electron chi connectivity index (χ3n) is 5.00. The van der Waals surface area contributed by atoms with Crippen molar-refractivity contribution in [3.05, 3.63) is 65.2 Å². The lowest BCUT2D eigenvalue weighted by molar-refractivity contribution is -0.260. The Hall–Kier alpha value is -2.79. The van der Waals surface area contributed by atoms with E-state index in [0.29, 0.717) is 11.6 Å². The van der Waals surface area contributed by atoms with Crippen LogP contribution in [0.3, 0.4) is 0 Å². The van der Waals surface area contributed by atoms with Crippen molar-refractivity contribution < 1.29 is 41.0 Å². The number of nitrogens with one attached hydrogen (secondary N) is 2. The van der Waals surface area contributed by atoms with Crippen LogP contribution in [-0.2, 0) is 27.9 Å². The molecule has 0 aliphatic carbocycles. The summed E-state index contributed by atoms with van der Waals surface area (Å²) in [5.74, 6) is -0.233. The van der Waals surface area contributed by atoms with E-state index in [1.807, 2.05) is 0 Å². The van der Waals surface area contributed by atoms with Crippen LogP contribution in [0.1, 0.15) is 30.0 Å².